The quantitative estimate of drug-likeness (QED) is 0.795. The lowest BCUT2D eigenvalue weighted by atomic mass is 10.2. The molecule has 0 fully saturated rings. The van der Waals surface area contributed by atoms with Gasteiger partial charge in [0.15, 0.2) is 0 Å². The van der Waals surface area contributed by atoms with Gasteiger partial charge in [-0.05, 0) is 31.0 Å². The van der Waals surface area contributed by atoms with E-state index in [1.165, 1.54) is 0 Å². The lowest BCUT2D eigenvalue weighted by Crippen LogP contribution is -2.36. The summed E-state index contributed by atoms with van der Waals surface area (Å²) in [6.07, 6.45) is 5.95. The van der Waals surface area contributed by atoms with Gasteiger partial charge in [-0.2, -0.15) is 0 Å². The summed E-state index contributed by atoms with van der Waals surface area (Å²) in [6.45, 7) is 3.81. The van der Waals surface area contributed by atoms with Crippen LogP contribution in [0.2, 0.25) is 5.02 Å². The Hall–Kier alpha value is -1.66. The highest BCUT2D eigenvalue weighted by molar-refractivity contribution is 6.31. The number of urea groups is 1. The summed E-state index contributed by atoms with van der Waals surface area (Å²) in [7, 11) is 0. The van der Waals surface area contributed by atoms with E-state index in [2.05, 4.69) is 16.6 Å². The number of amides is 2. The second-order valence-corrected chi connectivity index (χ2v) is 4.10. The van der Waals surface area contributed by atoms with Gasteiger partial charge in [0.1, 0.15) is 0 Å². The smallest absolute Gasteiger partial charge is 0.320 e. The first kappa shape index (κ1) is 13.4. The molecule has 2 amide bonds. The number of carbonyl (C=O) groups excluding carboxylic acids is 1. The minimum absolute atomic E-state index is 0.254. The molecule has 0 radical (unpaired) electrons. The van der Waals surface area contributed by atoms with Crippen LogP contribution in [0.4, 0.5) is 10.5 Å². The summed E-state index contributed by atoms with van der Waals surface area (Å²) in [5.41, 5.74) is 1.61. The molecule has 1 unspecified atom stereocenters. The summed E-state index contributed by atoms with van der Waals surface area (Å²) in [5.74, 6) is 2.49. The molecule has 0 saturated heterocycles. The lowest BCUT2D eigenvalue weighted by Gasteiger charge is -2.12. The minimum Gasteiger partial charge on any atom is -0.324 e. The van der Waals surface area contributed by atoms with Crippen molar-refractivity contribution in [3.05, 3.63) is 28.8 Å². The van der Waals surface area contributed by atoms with E-state index in [-0.39, 0.29) is 12.1 Å². The van der Waals surface area contributed by atoms with E-state index in [1.54, 1.807) is 12.1 Å². The number of terminal acetylenes is 1. The van der Waals surface area contributed by atoms with Gasteiger partial charge in [-0.15, -0.1) is 6.42 Å². The van der Waals surface area contributed by atoms with E-state index in [0.29, 0.717) is 17.1 Å². The largest absolute Gasteiger partial charge is 0.324 e. The maximum absolute atomic E-state index is 11.6. The predicted octanol–water partition coefficient (Wildman–Crippen LogP) is 3.18. The molecule has 0 spiro atoms. The summed E-state index contributed by atoms with van der Waals surface area (Å²) in [5, 5.41) is 5.97. The average Bonchev–Trinajstić information content (AvgIpc) is 2.31. The molecule has 1 aromatic carbocycles. The summed E-state index contributed by atoms with van der Waals surface area (Å²) < 4.78 is 0. The van der Waals surface area contributed by atoms with E-state index >= 15 is 0 Å². The Morgan fingerprint density at radius 2 is 2.29 bits per heavy atom. The van der Waals surface area contributed by atoms with Gasteiger partial charge >= 0.3 is 6.03 Å². The number of aryl methyl sites for hydroxylation is 1. The molecule has 0 bridgehead atoms. The molecule has 0 heterocycles. The van der Waals surface area contributed by atoms with Crippen LogP contribution >= 0.6 is 11.6 Å². The van der Waals surface area contributed by atoms with E-state index in [9.17, 15) is 4.79 Å². The van der Waals surface area contributed by atoms with Crippen molar-refractivity contribution in [1.29, 1.82) is 0 Å². The Bertz CT molecular complexity index is 451. The predicted molar refractivity (Wildman–Crippen MR) is 71.3 cm³/mol. The number of carbonyl (C=O) groups is 1. The molecule has 3 nitrogen and oxygen atoms in total. The van der Waals surface area contributed by atoms with Gasteiger partial charge in [0.2, 0.25) is 0 Å². The summed E-state index contributed by atoms with van der Waals surface area (Å²) in [6, 6.07) is 4.76. The van der Waals surface area contributed by atoms with Gasteiger partial charge in [-0.25, -0.2) is 4.79 Å². The third kappa shape index (κ3) is 4.01. The number of benzene rings is 1. The molecule has 2 N–H and O–H groups in total. The van der Waals surface area contributed by atoms with Gasteiger partial charge in [0.25, 0.3) is 0 Å². The molecule has 1 aromatic rings. The Morgan fingerprint density at radius 1 is 1.59 bits per heavy atom. The topological polar surface area (TPSA) is 41.1 Å². The van der Waals surface area contributed by atoms with Gasteiger partial charge < -0.3 is 10.6 Å². The Kier molecular flexibility index (Phi) is 4.86. The molecule has 1 atom stereocenters. The van der Waals surface area contributed by atoms with Crippen molar-refractivity contribution in [2.24, 2.45) is 0 Å². The van der Waals surface area contributed by atoms with Crippen molar-refractivity contribution in [2.45, 2.75) is 26.3 Å². The van der Waals surface area contributed by atoms with E-state index in [0.717, 1.165) is 5.56 Å². The standard InChI is InChI=1S/C13H15ClN2O/c1-4-10(5-2)15-13(17)16-11-7-6-9(3)12(14)8-11/h1,6-8,10H,5H2,2-3H3,(H2,15,16,17). The fraction of sp³-hybridized carbons (Fsp3) is 0.308. The highest BCUT2D eigenvalue weighted by atomic mass is 35.5. The van der Waals surface area contributed by atoms with E-state index in [1.807, 2.05) is 19.9 Å². The third-order valence-corrected chi connectivity index (χ3v) is 2.75. The van der Waals surface area contributed by atoms with Gasteiger partial charge in [-0.3, -0.25) is 0 Å². The zero-order valence-electron chi connectivity index (χ0n) is 9.88. The third-order valence-electron chi connectivity index (χ3n) is 2.34. The number of rotatable bonds is 3. The van der Waals surface area contributed by atoms with Crippen LogP contribution in [-0.4, -0.2) is 12.1 Å². The van der Waals surface area contributed by atoms with Gasteiger partial charge in [-0.1, -0.05) is 30.5 Å². The monoisotopic (exact) mass is 250 g/mol. The molecular weight excluding hydrogens is 236 g/mol. The van der Waals surface area contributed by atoms with Crippen molar-refractivity contribution in [3.8, 4) is 12.3 Å². The maximum Gasteiger partial charge on any atom is 0.320 e. The molecule has 0 aliphatic heterocycles. The number of hydrogen-bond acceptors (Lipinski definition) is 1. The highest BCUT2D eigenvalue weighted by Crippen LogP contribution is 2.19. The second-order valence-electron chi connectivity index (χ2n) is 3.69. The Morgan fingerprint density at radius 3 is 2.82 bits per heavy atom. The molecule has 0 saturated carbocycles. The van der Waals surface area contributed by atoms with Crippen LogP contribution in [-0.2, 0) is 0 Å². The Balaban J connectivity index is 2.62. The van der Waals surface area contributed by atoms with Crippen LogP contribution in [0, 0.1) is 19.3 Å². The fourth-order valence-corrected chi connectivity index (χ4v) is 1.44. The van der Waals surface area contributed by atoms with Crippen molar-refractivity contribution in [3.63, 3.8) is 0 Å². The zero-order valence-corrected chi connectivity index (χ0v) is 10.6. The molecule has 4 heteroatoms. The van der Waals surface area contributed by atoms with Gasteiger partial charge in [0.05, 0.1) is 6.04 Å². The molecule has 1 rings (SSSR count). The highest BCUT2D eigenvalue weighted by Gasteiger charge is 2.07. The summed E-state index contributed by atoms with van der Waals surface area (Å²) >= 11 is 5.95. The van der Waals surface area contributed by atoms with Crippen molar-refractivity contribution in [1.82, 2.24) is 5.32 Å². The van der Waals surface area contributed by atoms with Crippen molar-refractivity contribution < 1.29 is 4.79 Å². The Labute approximate surface area is 107 Å². The number of hydrogen-bond donors (Lipinski definition) is 2. The van der Waals surface area contributed by atoms with Crippen molar-refractivity contribution >= 4 is 23.3 Å². The van der Waals surface area contributed by atoms with Crippen LogP contribution in [0.1, 0.15) is 18.9 Å². The average molecular weight is 251 g/mol. The first-order valence-corrected chi connectivity index (χ1v) is 5.74. The molecule has 17 heavy (non-hydrogen) atoms. The van der Waals surface area contributed by atoms with Gasteiger partial charge in [0, 0.05) is 10.7 Å². The SMILES string of the molecule is C#CC(CC)NC(=O)Nc1ccc(C)c(Cl)c1. The fourth-order valence-electron chi connectivity index (χ4n) is 1.26. The first-order chi connectivity index (χ1) is 8.06. The number of halogens is 1. The molecular formula is C13H15ClN2O. The molecule has 90 valence electrons. The van der Waals surface area contributed by atoms with Crippen LogP contribution in [0.5, 0.6) is 0 Å². The lowest BCUT2D eigenvalue weighted by molar-refractivity contribution is 0.250. The zero-order chi connectivity index (χ0) is 12.8. The van der Waals surface area contributed by atoms with Crippen molar-refractivity contribution in [2.75, 3.05) is 5.32 Å². The van der Waals surface area contributed by atoms with Crippen LogP contribution in [0.15, 0.2) is 18.2 Å². The number of anilines is 1. The molecule has 0 aromatic heterocycles. The van der Waals surface area contributed by atoms with Crippen LogP contribution in [0.3, 0.4) is 0 Å². The maximum atomic E-state index is 11.6. The van der Waals surface area contributed by atoms with E-state index in [4.69, 9.17) is 18.0 Å². The number of nitrogens with one attached hydrogen (secondary N) is 2. The second kappa shape index (κ2) is 6.17. The summed E-state index contributed by atoms with van der Waals surface area (Å²) in [4.78, 5) is 11.6. The first-order valence-electron chi connectivity index (χ1n) is 5.36. The van der Waals surface area contributed by atoms with Crippen LogP contribution < -0.4 is 10.6 Å². The van der Waals surface area contributed by atoms with Crippen LogP contribution in [0.25, 0.3) is 0 Å². The molecule has 0 aliphatic rings. The minimum atomic E-state index is -0.324. The van der Waals surface area contributed by atoms with E-state index < -0.39 is 0 Å². The molecule has 0 aliphatic carbocycles. The normalized spacial score (nSPS) is 11.4.